The fraction of sp³-hybridized carbons (Fsp3) is 0.412. The molecular weight excluding hydrogens is 363 g/mol. The van der Waals surface area contributed by atoms with Crippen molar-refractivity contribution in [3.63, 3.8) is 0 Å². The number of rotatable bonds is 4. The molecule has 1 saturated heterocycles. The van der Waals surface area contributed by atoms with Crippen molar-refractivity contribution < 1.29 is 13.2 Å². The highest BCUT2D eigenvalue weighted by atomic mass is 32.2. The summed E-state index contributed by atoms with van der Waals surface area (Å²) in [5, 5.41) is 2.04. The molecule has 26 heavy (non-hydrogen) atoms. The molecule has 0 bridgehead atoms. The van der Waals surface area contributed by atoms with Gasteiger partial charge in [-0.15, -0.1) is 0 Å². The van der Waals surface area contributed by atoms with Crippen LogP contribution in [0.4, 0.5) is 18.9 Å². The number of alkyl halides is 3. The first kappa shape index (κ1) is 17.4. The van der Waals surface area contributed by atoms with Crippen molar-refractivity contribution in [2.45, 2.75) is 25.1 Å². The van der Waals surface area contributed by atoms with Gasteiger partial charge >= 0.3 is 6.18 Å². The van der Waals surface area contributed by atoms with Crippen molar-refractivity contribution in [2.75, 3.05) is 23.7 Å². The third kappa shape index (κ3) is 3.59. The maximum atomic E-state index is 12.4. The van der Waals surface area contributed by atoms with Crippen LogP contribution in [0.25, 0.3) is 21.9 Å². The van der Waals surface area contributed by atoms with Gasteiger partial charge in [-0.2, -0.15) is 13.2 Å². The molecule has 2 N–H and O–H groups in total. The second kappa shape index (κ2) is 6.96. The largest absolute Gasteiger partial charge is 0.399 e. The van der Waals surface area contributed by atoms with Crippen LogP contribution >= 0.6 is 11.9 Å². The molecule has 0 spiro atoms. The second-order valence-electron chi connectivity index (χ2n) is 6.40. The van der Waals surface area contributed by atoms with E-state index in [1.54, 1.807) is 12.4 Å². The fourth-order valence-electron chi connectivity index (χ4n) is 3.44. The number of pyridine rings is 2. The van der Waals surface area contributed by atoms with E-state index < -0.39 is 11.9 Å². The highest BCUT2D eigenvalue weighted by Crippen LogP contribution is 2.32. The van der Waals surface area contributed by atoms with Gasteiger partial charge in [0.1, 0.15) is 5.75 Å². The zero-order valence-electron chi connectivity index (χ0n) is 13.9. The Morgan fingerprint density at radius 3 is 3.04 bits per heavy atom. The Labute approximate surface area is 152 Å². The number of hydrogen-bond acceptors (Lipinski definition) is 5. The molecular formula is C17H18F3N5S. The SMILES string of the molecule is FC(F)(F)CSNC1CCCN(c2cc[nH]c3cnc4nccc4c23)C1. The second-order valence-corrected chi connectivity index (χ2v) is 7.21. The molecule has 138 valence electrons. The van der Waals surface area contributed by atoms with Crippen molar-refractivity contribution in [1.29, 1.82) is 0 Å². The molecule has 3 aromatic rings. The summed E-state index contributed by atoms with van der Waals surface area (Å²) in [4.78, 5) is 14.1. The lowest BCUT2D eigenvalue weighted by Crippen LogP contribution is -2.44. The van der Waals surface area contributed by atoms with Crippen LogP contribution in [-0.4, -0.2) is 46.0 Å². The van der Waals surface area contributed by atoms with Crippen LogP contribution in [0.15, 0.2) is 30.7 Å². The molecule has 1 fully saturated rings. The molecule has 0 aromatic carbocycles. The number of H-pyrrole nitrogens is 1. The van der Waals surface area contributed by atoms with E-state index in [0.29, 0.717) is 12.2 Å². The number of aromatic amines is 1. The Morgan fingerprint density at radius 2 is 2.19 bits per heavy atom. The fourth-order valence-corrected chi connectivity index (χ4v) is 4.11. The standard InChI is InChI=1S/C17H18F3N5S/c18-17(19,20)10-26-24-11-2-1-7-25(9-11)14-4-6-21-13-8-23-16-12(15(13)14)3-5-22-16/h3-6,8,11,21,24H,1-2,7,9-10H2. The first-order valence-electron chi connectivity index (χ1n) is 8.41. The van der Waals surface area contributed by atoms with Gasteiger partial charge in [-0.1, -0.05) is 11.9 Å². The predicted molar refractivity (Wildman–Crippen MR) is 98.3 cm³/mol. The minimum atomic E-state index is -4.15. The lowest BCUT2D eigenvalue weighted by atomic mass is 10.0. The van der Waals surface area contributed by atoms with Crippen molar-refractivity contribution in [2.24, 2.45) is 0 Å². The van der Waals surface area contributed by atoms with E-state index in [2.05, 4.69) is 24.6 Å². The molecule has 1 atom stereocenters. The maximum absolute atomic E-state index is 12.4. The number of halogens is 3. The first-order valence-corrected chi connectivity index (χ1v) is 9.40. The summed E-state index contributed by atoms with van der Waals surface area (Å²) in [6.45, 7) is 1.54. The van der Waals surface area contributed by atoms with E-state index in [1.165, 1.54) is 0 Å². The summed E-state index contributed by atoms with van der Waals surface area (Å²) >= 11 is 0.744. The summed E-state index contributed by atoms with van der Waals surface area (Å²) in [7, 11) is 0. The topological polar surface area (TPSA) is 56.8 Å². The van der Waals surface area contributed by atoms with E-state index in [4.69, 9.17) is 0 Å². The quantitative estimate of drug-likeness (QED) is 0.672. The summed E-state index contributed by atoms with van der Waals surface area (Å²) in [5.74, 6) is -0.877. The van der Waals surface area contributed by atoms with Crippen molar-refractivity contribution in [3.8, 4) is 0 Å². The Hall–Kier alpha value is -2.00. The van der Waals surface area contributed by atoms with Gasteiger partial charge in [-0.25, -0.2) is 9.97 Å². The molecule has 1 unspecified atom stereocenters. The summed E-state index contributed by atoms with van der Waals surface area (Å²) in [6.07, 6.45) is 3.03. The number of piperidine rings is 1. The minimum Gasteiger partial charge on any atom is -0.369 e. The molecule has 0 aliphatic carbocycles. The Balaban J connectivity index is 1.58. The van der Waals surface area contributed by atoms with Crippen LogP contribution in [0.3, 0.4) is 0 Å². The van der Waals surface area contributed by atoms with Crippen molar-refractivity contribution in [3.05, 3.63) is 30.7 Å². The van der Waals surface area contributed by atoms with E-state index in [0.717, 1.165) is 53.3 Å². The molecule has 5 nitrogen and oxygen atoms in total. The van der Waals surface area contributed by atoms with Gasteiger partial charge in [0.2, 0.25) is 0 Å². The van der Waals surface area contributed by atoms with Crippen molar-refractivity contribution in [1.82, 2.24) is 19.7 Å². The number of fused-ring (bicyclic) bond motifs is 3. The average molecular weight is 381 g/mol. The van der Waals surface area contributed by atoms with Crippen LogP contribution in [-0.2, 0) is 0 Å². The molecule has 1 aliphatic heterocycles. The number of anilines is 1. The number of nitrogens with zero attached hydrogens (tertiary/aromatic N) is 3. The summed E-state index contributed by atoms with van der Waals surface area (Å²) < 4.78 is 40.1. The van der Waals surface area contributed by atoms with Crippen LogP contribution in [0.2, 0.25) is 0 Å². The Bertz CT molecular complexity index is 910. The van der Waals surface area contributed by atoms with Crippen LogP contribution in [0, 0.1) is 0 Å². The number of nitrogens with one attached hydrogen (secondary N) is 2. The zero-order chi connectivity index (χ0) is 18.1. The van der Waals surface area contributed by atoms with Crippen molar-refractivity contribution >= 4 is 39.6 Å². The van der Waals surface area contributed by atoms with Gasteiger partial charge in [-0.3, -0.25) is 4.72 Å². The smallest absolute Gasteiger partial charge is 0.369 e. The molecule has 1 aliphatic rings. The first-order chi connectivity index (χ1) is 12.5. The highest BCUT2D eigenvalue weighted by Gasteiger charge is 2.28. The van der Waals surface area contributed by atoms with Gasteiger partial charge in [0.25, 0.3) is 0 Å². The Morgan fingerprint density at radius 1 is 1.31 bits per heavy atom. The zero-order valence-corrected chi connectivity index (χ0v) is 14.7. The lowest BCUT2D eigenvalue weighted by Gasteiger charge is -2.35. The third-order valence-electron chi connectivity index (χ3n) is 4.52. The summed E-state index contributed by atoms with van der Waals surface area (Å²) in [5.41, 5.74) is 2.68. The van der Waals surface area contributed by atoms with Crippen LogP contribution < -0.4 is 9.62 Å². The predicted octanol–water partition coefficient (Wildman–Crippen LogP) is 3.88. The highest BCUT2D eigenvalue weighted by molar-refractivity contribution is 7.97. The number of aromatic nitrogens is 3. The number of hydrogen-bond donors (Lipinski definition) is 2. The Kier molecular flexibility index (Phi) is 4.66. The van der Waals surface area contributed by atoms with E-state index >= 15 is 0 Å². The molecule has 9 heteroatoms. The van der Waals surface area contributed by atoms with E-state index in [-0.39, 0.29) is 6.04 Å². The van der Waals surface area contributed by atoms with Crippen LogP contribution in [0.5, 0.6) is 0 Å². The average Bonchev–Trinajstić information content (AvgIpc) is 3.09. The third-order valence-corrected chi connectivity index (χ3v) is 5.49. The van der Waals surface area contributed by atoms with Gasteiger partial charge < -0.3 is 9.88 Å². The minimum absolute atomic E-state index is 0.0189. The molecule has 4 rings (SSSR count). The molecule has 4 heterocycles. The molecule has 3 aromatic heterocycles. The maximum Gasteiger partial charge on any atom is 0.399 e. The molecule has 0 amide bonds. The van der Waals surface area contributed by atoms with E-state index in [1.807, 2.05) is 18.3 Å². The normalized spacial score (nSPS) is 18.7. The summed E-state index contributed by atoms with van der Waals surface area (Å²) in [6, 6.07) is 3.98. The van der Waals surface area contributed by atoms with E-state index in [9.17, 15) is 13.2 Å². The van der Waals surface area contributed by atoms with Gasteiger partial charge in [0.05, 0.1) is 11.7 Å². The van der Waals surface area contributed by atoms with Crippen LogP contribution in [0.1, 0.15) is 12.8 Å². The lowest BCUT2D eigenvalue weighted by molar-refractivity contribution is -0.105. The monoisotopic (exact) mass is 381 g/mol. The van der Waals surface area contributed by atoms with Gasteiger partial charge in [0.15, 0.2) is 5.65 Å². The van der Waals surface area contributed by atoms with Gasteiger partial charge in [-0.05, 0) is 25.0 Å². The molecule has 0 radical (unpaired) electrons. The van der Waals surface area contributed by atoms with Gasteiger partial charge in [0, 0.05) is 48.0 Å². The molecule has 0 saturated carbocycles.